The highest BCUT2D eigenvalue weighted by molar-refractivity contribution is 6.23. The van der Waals surface area contributed by atoms with Crippen molar-refractivity contribution in [2.24, 2.45) is 23.7 Å². The fourth-order valence-electron chi connectivity index (χ4n) is 5.33. The quantitative estimate of drug-likeness (QED) is 0.427. The van der Waals surface area contributed by atoms with Crippen LogP contribution in [0.3, 0.4) is 0 Å². The maximum atomic E-state index is 13.4. The normalized spacial score (nSPS) is 27.6. The third-order valence-corrected chi connectivity index (χ3v) is 6.69. The second-order valence-corrected chi connectivity index (χ2v) is 8.21. The molecule has 0 unspecified atom stereocenters. The van der Waals surface area contributed by atoms with Crippen molar-refractivity contribution in [1.29, 1.82) is 0 Å². The first-order valence-electron chi connectivity index (χ1n) is 10.6. The fourth-order valence-corrected chi connectivity index (χ4v) is 5.33. The molecule has 1 heterocycles. The number of anilines is 1. The van der Waals surface area contributed by atoms with Crippen LogP contribution in [0.1, 0.15) is 29.8 Å². The summed E-state index contributed by atoms with van der Waals surface area (Å²) in [4.78, 5) is 39.9. The molecule has 0 aromatic heterocycles. The minimum atomic E-state index is -0.418. The van der Waals surface area contributed by atoms with Crippen LogP contribution in [0.4, 0.5) is 5.69 Å². The molecule has 1 aliphatic heterocycles. The van der Waals surface area contributed by atoms with Crippen LogP contribution in [-0.4, -0.2) is 24.4 Å². The zero-order chi connectivity index (χ0) is 21.7. The van der Waals surface area contributed by atoms with Crippen molar-refractivity contribution < 1.29 is 19.1 Å². The summed E-state index contributed by atoms with van der Waals surface area (Å²) in [6.07, 6.45) is 4.18. The van der Waals surface area contributed by atoms with Gasteiger partial charge >= 0.3 is 5.97 Å². The van der Waals surface area contributed by atoms with Crippen LogP contribution in [0.5, 0.6) is 0 Å². The van der Waals surface area contributed by atoms with Gasteiger partial charge in [-0.2, -0.15) is 0 Å². The van der Waals surface area contributed by atoms with Crippen molar-refractivity contribution in [1.82, 2.24) is 0 Å². The zero-order valence-corrected chi connectivity index (χ0v) is 17.4. The van der Waals surface area contributed by atoms with Gasteiger partial charge < -0.3 is 4.74 Å². The van der Waals surface area contributed by atoms with Crippen LogP contribution in [0, 0.1) is 23.7 Å². The molecule has 156 valence electrons. The average Bonchev–Trinajstić information content (AvgIpc) is 3.43. The Hall–Kier alpha value is -3.47. The van der Waals surface area contributed by atoms with Gasteiger partial charge in [0.15, 0.2) is 0 Å². The molecular formula is C26H23NO4. The molecule has 0 radical (unpaired) electrons. The van der Waals surface area contributed by atoms with E-state index in [9.17, 15) is 14.4 Å². The molecule has 5 rings (SSSR count). The molecule has 0 spiro atoms. The average molecular weight is 413 g/mol. The fraction of sp³-hybridized carbons (Fsp3) is 0.269. The highest BCUT2D eigenvalue weighted by Gasteiger charge is 2.62. The summed E-state index contributed by atoms with van der Waals surface area (Å²) >= 11 is 0. The number of hydrogen-bond acceptors (Lipinski definition) is 4. The van der Waals surface area contributed by atoms with E-state index in [0.29, 0.717) is 17.9 Å². The highest BCUT2D eigenvalue weighted by atomic mass is 16.5. The lowest BCUT2D eigenvalue weighted by molar-refractivity contribution is -0.122. The number of carbonyl (C=O) groups is 3. The van der Waals surface area contributed by atoms with Crippen molar-refractivity contribution in [3.8, 4) is 0 Å². The van der Waals surface area contributed by atoms with Gasteiger partial charge in [0.05, 0.1) is 29.7 Å². The summed E-state index contributed by atoms with van der Waals surface area (Å²) in [5, 5.41) is 0. The third-order valence-electron chi connectivity index (χ3n) is 6.69. The molecule has 1 saturated heterocycles. The number of fused-ring (bicyclic) bond motifs is 5. The van der Waals surface area contributed by atoms with E-state index < -0.39 is 5.97 Å². The van der Waals surface area contributed by atoms with Crippen molar-refractivity contribution in [3.05, 3.63) is 83.4 Å². The van der Waals surface area contributed by atoms with Crippen molar-refractivity contribution >= 4 is 29.0 Å². The van der Waals surface area contributed by atoms with Crippen molar-refractivity contribution in [2.45, 2.75) is 13.8 Å². The van der Waals surface area contributed by atoms with Crippen LogP contribution in [0.2, 0.25) is 0 Å². The first-order chi connectivity index (χ1) is 15.0. The summed E-state index contributed by atoms with van der Waals surface area (Å²) < 4.78 is 5.00. The lowest BCUT2D eigenvalue weighted by Crippen LogP contribution is -2.33. The molecule has 3 aliphatic rings. The Labute approximate surface area is 181 Å². The van der Waals surface area contributed by atoms with Crippen molar-refractivity contribution in [2.75, 3.05) is 11.5 Å². The monoisotopic (exact) mass is 413 g/mol. The Morgan fingerprint density at radius 1 is 0.871 bits per heavy atom. The molecule has 4 atom stereocenters. The number of nitrogens with zero attached hydrogens (tertiary/aromatic N) is 1. The Balaban J connectivity index is 1.46. The number of hydrogen-bond donors (Lipinski definition) is 0. The van der Waals surface area contributed by atoms with E-state index in [1.165, 1.54) is 10.5 Å². The summed E-state index contributed by atoms with van der Waals surface area (Å²) in [5.41, 5.74) is 4.38. The minimum Gasteiger partial charge on any atom is -0.462 e. The number of benzene rings is 2. The zero-order valence-electron chi connectivity index (χ0n) is 17.4. The predicted octanol–water partition coefficient (Wildman–Crippen LogP) is 4.26. The molecule has 0 N–H and O–H groups in total. The maximum absolute atomic E-state index is 13.4. The van der Waals surface area contributed by atoms with Gasteiger partial charge in [0, 0.05) is 11.8 Å². The molecule has 5 heteroatoms. The molecule has 2 aliphatic carbocycles. The lowest BCUT2D eigenvalue weighted by atomic mass is 9.85. The number of ether oxygens (including phenoxy) is 1. The minimum absolute atomic E-state index is 0.0459. The summed E-state index contributed by atoms with van der Waals surface area (Å²) in [6.45, 7) is 4.12. The van der Waals surface area contributed by atoms with Crippen LogP contribution in [0.25, 0.3) is 5.57 Å². The topological polar surface area (TPSA) is 63.7 Å². The molecule has 2 fully saturated rings. The number of carbonyl (C=O) groups excluding carboxylic acids is 3. The summed E-state index contributed by atoms with van der Waals surface area (Å²) in [5.74, 6) is -1.55. The first kappa shape index (κ1) is 19.5. The predicted molar refractivity (Wildman–Crippen MR) is 117 cm³/mol. The summed E-state index contributed by atoms with van der Waals surface area (Å²) in [7, 11) is 0. The van der Waals surface area contributed by atoms with E-state index in [2.05, 4.69) is 31.2 Å². The highest BCUT2D eigenvalue weighted by Crippen LogP contribution is 2.58. The van der Waals surface area contributed by atoms with Crippen LogP contribution >= 0.6 is 0 Å². The van der Waals surface area contributed by atoms with Crippen LogP contribution in [-0.2, 0) is 14.3 Å². The third kappa shape index (κ3) is 2.87. The smallest absolute Gasteiger partial charge is 0.338 e. The Kier molecular flexibility index (Phi) is 4.62. The van der Waals surface area contributed by atoms with Gasteiger partial charge in [-0.25, -0.2) is 9.69 Å². The lowest BCUT2D eigenvalue weighted by Gasteiger charge is -2.20. The standard InChI is InChI=1S/C26H23NO4/c1-3-31-26(30)17-9-11-18(12-10-17)27-24(28)22-19-13-14-20(23(22)25(27)29)21(19)15(2)16-7-5-4-6-8-16/h4-14,19-20,22-23H,3H2,1-2H3/t19-,20-,22-,23+/m0/s1. The van der Waals surface area contributed by atoms with Gasteiger partial charge in [0.25, 0.3) is 0 Å². The Bertz CT molecular complexity index is 1100. The van der Waals surface area contributed by atoms with E-state index in [1.807, 2.05) is 18.2 Å². The number of rotatable bonds is 4. The Morgan fingerprint density at radius 2 is 1.45 bits per heavy atom. The maximum Gasteiger partial charge on any atom is 0.338 e. The molecule has 5 nitrogen and oxygen atoms in total. The second kappa shape index (κ2) is 7.34. The number of esters is 1. The van der Waals surface area contributed by atoms with E-state index in [0.717, 1.165) is 11.1 Å². The van der Waals surface area contributed by atoms with Crippen LogP contribution in [0.15, 0.2) is 72.3 Å². The molecule has 2 aromatic carbocycles. The second-order valence-electron chi connectivity index (χ2n) is 8.21. The van der Waals surface area contributed by atoms with Crippen molar-refractivity contribution in [3.63, 3.8) is 0 Å². The van der Waals surface area contributed by atoms with Gasteiger partial charge in [-0.05, 0) is 49.2 Å². The largest absolute Gasteiger partial charge is 0.462 e. The number of amides is 2. The number of allylic oxidation sites excluding steroid dienone is 4. The van der Waals surface area contributed by atoms with Gasteiger partial charge in [0.2, 0.25) is 11.8 Å². The van der Waals surface area contributed by atoms with E-state index >= 15 is 0 Å². The molecule has 31 heavy (non-hydrogen) atoms. The molecule has 2 bridgehead atoms. The first-order valence-corrected chi connectivity index (χ1v) is 10.6. The number of imide groups is 1. The molecule has 2 aromatic rings. The van der Waals surface area contributed by atoms with E-state index in [1.54, 1.807) is 31.2 Å². The molecule has 2 amide bonds. The molecular weight excluding hydrogens is 390 g/mol. The van der Waals surface area contributed by atoms with Gasteiger partial charge in [0.1, 0.15) is 0 Å². The molecule has 1 saturated carbocycles. The van der Waals surface area contributed by atoms with Gasteiger partial charge in [-0.1, -0.05) is 48.1 Å². The van der Waals surface area contributed by atoms with E-state index in [-0.39, 0.29) is 35.5 Å². The SMILES string of the molecule is CCOC(=O)c1ccc(N2C(=O)[C@@H]3[C@H](C2=O)[C@H]2C=C[C@H]3C2=C(C)c2ccccc2)cc1. The van der Waals surface area contributed by atoms with Crippen LogP contribution < -0.4 is 4.90 Å². The van der Waals surface area contributed by atoms with Gasteiger partial charge in [-0.3, -0.25) is 9.59 Å². The van der Waals surface area contributed by atoms with Gasteiger partial charge in [-0.15, -0.1) is 0 Å². The summed E-state index contributed by atoms with van der Waals surface area (Å²) in [6, 6.07) is 16.6. The Morgan fingerprint density at radius 3 is 2.00 bits per heavy atom. The van der Waals surface area contributed by atoms with E-state index in [4.69, 9.17) is 4.74 Å².